The van der Waals surface area contributed by atoms with Gasteiger partial charge in [-0.25, -0.2) is 0 Å². The maximum Gasteiger partial charge on any atom is 0.394 e. The zero-order chi connectivity index (χ0) is 10.6. The van der Waals surface area contributed by atoms with Crippen LogP contribution in [0, 0.1) is 0 Å². The fourth-order valence-electron chi connectivity index (χ4n) is 0.959. The van der Waals surface area contributed by atoms with Crippen molar-refractivity contribution in [3.63, 3.8) is 0 Å². The minimum Gasteiger partial charge on any atom is -0.433 e. The van der Waals surface area contributed by atoms with Crippen LogP contribution in [-0.4, -0.2) is 6.11 Å². The lowest BCUT2D eigenvalue weighted by Crippen LogP contribution is -2.19. The molecule has 0 spiro atoms. The topological polar surface area (TPSA) is 21.3 Å². The number of hydrogen-bond donors (Lipinski definition) is 1. The second-order valence-electron chi connectivity index (χ2n) is 2.86. The third-order valence-electron chi connectivity index (χ3n) is 1.49. The molecular formula is C9H10F3NO. The Balaban J connectivity index is 2.64. The van der Waals surface area contributed by atoms with Crippen molar-refractivity contribution < 1.29 is 18.0 Å². The van der Waals surface area contributed by atoms with Crippen LogP contribution in [0.2, 0.25) is 0 Å². The first-order chi connectivity index (χ1) is 6.51. The van der Waals surface area contributed by atoms with Crippen molar-refractivity contribution in [2.75, 3.05) is 0 Å². The lowest BCUT2D eigenvalue weighted by atomic mass is 10.2. The van der Waals surface area contributed by atoms with Crippen LogP contribution in [0.3, 0.4) is 0 Å². The van der Waals surface area contributed by atoms with E-state index in [1.165, 1.54) is 29.8 Å². The number of hydrogen-bond acceptors (Lipinski definition) is 2. The van der Waals surface area contributed by atoms with Crippen LogP contribution >= 0.6 is 0 Å². The molecule has 0 aliphatic heterocycles. The van der Waals surface area contributed by atoms with Crippen molar-refractivity contribution in [2.24, 2.45) is 0 Å². The predicted molar refractivity (Wildman–Crippen MR) is 45.6 cm³/mol. The third-order valence-corrected chi connectivity index (χ3v) is 1.49. The van der Waals surface area contributed by atoms with Gasteiger partial charge < -0.3 is 4.74 Å². The van der Waals surface area contributed by atoms with Gasteiger partial charge in [-0.3, -0.25) is 0 Å². The summed E-state index contributed by atoms with van der Waals surface area (Å²) in [6, 6.07) is 5.75. The molecule has 1 aromatic carbocycles. The van der Waals surface area contributed by atoms with E-state index in [0.717, 1.165) is 0 Å². The molecule has 0 amide bonds. The number of rotatable bonds is 4. The van der Waals surface area contributed by atoms with E-state index in [1.807, 2.05) is 0 Å². The van der Waals surface area contributed by atoms with Gasteiger partial charge in [0.05, 0.1) is 6.54 Å². The summed E-state index contributed by atoms with van der Waals surface area (Å²) in [6.07, 6.45) is -3.19. The summed E-state index contributed by atoms with van der Waals surface area (Å²) in [5.41, 5.74) is 2.11. The number of halogens is 3. The molecule has 0 radical (unpaired) electrons. The summed E-state index contributed by atoms with van der Waals surface area (Å²) in [5.74, 6) is 0.0557. The van der Waals surface area contributed by atoms with Crippen molar-refractivity contribution in [2.45, 2.75) is 19.6 Å². The molecule has 0 fully saturated rings. The van der Waals surface area contributed by atoms with Gasteiger partial charge in [0.2, 0.25) is 0 Å². The predicted octanol–water partition coefficient (Wildman–Crippen LogP) is 2.65. The lowest BCUT2D eigenvalue weighted by Gasteiger charge is -2.12. The quantitative estimate of drug-likeness (QED) is 0.763. The number of ether oxygens (including phenoxy) is 1. The molecule has 0 atom stereocenters. The van der Waals surface area contributed by atoms with E-state index in [9.17, 15) is 13.3 Å². The Hall–Kier alpha value is -1.23. The molecule has 5 heteroatoms. The summed E-state index contributed by atoms with van der Waals surface area (Å²) < 4.78 is 40.7. The van der Waals surface area contributed by atoms with Crippen molar-refractivity contribution in [3.8, 4) is 5.75 Å². The average molecular weight is 205 g/mol. The first-order valence-electron chi connectivity index (χ1n) is 4.00. The van der Waals surface area contributed by atoms with Crippen molar-refractivity contribution in [3.05, 3.63) is 29.8 Å². The smallest absolute Gasteiger partial charge is 0.394 e. The van der Waals surface area contributed by atoms with E-state index >= 15 is 0 Å². The van der Waals surface area contributed by atoms with Crippen LogP contribution < -0.4 is 10.3 Å². The molecule has 0 bridgehead atoms. The van der Waals surface area contributed by atoms with Gasteiger partial charge in [-0.05, 0) is 17.7 Å². The maximum absolute atomic E-state index is 12.4. The summed E-state index contributed by atoms with van der Waals surface area (Å²) >= 11 is 0. The average Bonchev–Trinajstić information content (AvgIpc) is 2.06. The van der Waals surface area contributed by atoms with Crippen LogP contribution in [0.5, 0.6) is 5.75 Å². The van der Waals surface area contributed by atoms with Gasteiger partial charge >= 0.3 is 6.11 Å². The van der Waals surface area contributed by atoms with E-state index < -0.39 is 6.11 Å². The number of alkyl halides is 2. The fourth-order valence-corrected chi connectivity index (χ4v) is 0.959. The highest BCUT2D eigenvalue weighted by Gasteiger charge is 2.22. The zero-order valence-electron chi connectivity index (χ0n) is 7.56. The minimum absolute atomic E-state index is 0.0444. The lowest BCUT2D eigenvalue weighted by molar-refractivity contribution is -0.158. The van der Waals surface area contributed by atoms with E-state index in [2.05, 4.69) is 4.74 Å². The molecule has 0 aliphatic rings. The van der Waals surface area contributed by atoms with Crippen LogP contribution in [-0.2, 0) is 6.54 Å². The number of nitrogens with one attached hydrogen (secondary N) is 1. The normalized spacial score (nSPS) is 11.4. The SMILES string of the molecule is CC(F)(F)Oc1ccc(CNF)cc1. The van der Waals surface area contributed by atoms with E-state index in [1.54, 1.807) is 0 Å². The molecule has 0 aliphatic carbocycles. The van der Waals surface area contributed by atoms with Crippen molar-refractivity contribution in [1.82, 2.24) is 5.54 Å². The Morgan fingerprint density at radius 1 is 1.29 bits per heavy atom. The van der Waals surface area contributed by atoms with Gasteiger partial charge in [0, 0.05) is 6.92 Å². The summed E-state index contributed by atoms with van der Waals surface area (Å²) in [5, 5.41) is 0. The standard InChI is InChI=1S/C9H10F3NO/c1-9(10,11)14-8-4-2-7(3-5-8)6-13-12/h2-5,13H,6H2,1H3. The van der Waals surface area contributed by atoms with Crippen LogP contribution in [0.4, 0.5) is 13.3 Å². The van der Waals surface area contributed by atoms with Crippen LogP contribution in [0.15, 0.2) is 24.3 Å². The largest absolute Gasteiger partial charge is 0.433 e. The molecule has 1 rings (SSSR count). The van der Waals surface area contributed by atoms with Gasteiger partial charge in [-0.1, -0.05) is 12.1 Å². The Labute approximate surface area is 79.6 Å². The van der Waals surface area contributed by atoms with Gasteiger partial charge in [0.15, 0.2) is 0 Å². The monoisotopic (exact) mass is 205 g/mol. The van der Waals surface area contributed by atoms with Crippen molar-refractivity contribution >= 4 is 0 Å². The molecule has 0 unspecified atom stereocenters. The molecule has 0 aromatic heterocycles. The first-order valence-corrected chi connectivity index (χ1v) is 4.00. The Bertz CT molecular complexity index is 281. The Kier molecular flexibility index (Phi) is 3.35. The first kappa shape index (κ1) is 10.8. The van der Waals surface area contributed by atoms with E-state index in [-0.39, 0.29) is 12.3 Å². The summed E-state index contributed by atoms with van der Waals surface area (Å²) in [4.78, 5) is 0. The highest BCUT2D eigenvalue weighted by atomic mass is 19.3. The second kappa shape index (κ2) is 4.32. The number of benzene rings is 1. The molecule has 0 saturated carbocycles. The Morgan fingerprint density at radius 2 is 1.86 bits per heavy atom. The summed E-state index contributed by atoms with van der Waals surface area (Å²) in [6.45, 7) is 0.701. The molecule has 0 saturated heterocycles. The molecular weight excluding hydrogens is 195 g/mol. The van der Waals surface area contributed by atoms with Gasteiger partial charge in [0.25, 0.3) is 0 Å². The second-order valence-corrected chi connectivity index (χ2v) is 2.86. The fraction of sp³-hybridized carbons (Fsp3) is 0.333. The van der Waals surface area contributed by atoms with Crippen molar-refractivity contribution in [1.29, 1.82) is 0 Å². The third kappa shape index (κ3) is 3.66. The maximum atomic E-state index is 12.4. The highest BCUT2D eigenvalue weighted by molar-refractivity contribution is 5.27. The van der Waals surface area contributed by atoms with Gasteiger partial charge in [-0.15, -0.1) is 4.48 Å². The van der Waals surface area contributed by atoms with E-state index in [0.29, 0.717) is 12.5 Å². The summed E-state index contributed by atoms with van der Waals surface area (Å²) in [7, 11) is 0. The van der Waals surface area contributed by atoms with E-state index in [4.69, 9.17) is 0 Å². The van der Waals surface area contributed by atoms with Gasteiger partial charge in [0.1, 0.15) is 5.75 Å². The van der Waals surface area contributed by atoms with Crippen LogP contribution in [0.1, 0.15) is 12.5 Å². The Morgan fingerprint density at radius 3 is 2.29 bits per heavy atom. The molecule has 78 valence electrons. The zero-order valence-corrected chi connectivity index (χ0v) is 7.56. The molecule has 2 nitrogen and oxygen atoms in total. The minimum atomic E-state index is -3.19. The highest BCUT2D eigenvalue weighted by Crippen LogP contribution is 2.20. The molecule has 0 heterocycles. The molecule has 1 aromatic rings. The molecule has 1 N–H and O–H groups in total. The van der Waals surface area contributed by atoms with Gasteiger partial charge in [-0.2, -0.15) is 14.3 Å². The molecule has 14 heavy (non-hydrogen) atoms. The van der Waals surface area contributed by atoms with Crippen LogP contribution in [0.25, 0.3) is 0 Å².